The van der Waals surface area contributed by atoms with Crippen LogP contribution in [0.5, 0.6) is 0 Å². The zero-order chi connectivity index (χ0) is 18.2. The third-order valence-electron chi connectivity index (χ3n) is 3.45. The first-order chi connectivity index (χ1) is 11.9. The lowest BCUT2D eigenvalue weighted by molar-refractivity contribution is -0.126. The SMILES string of the molecule is NC(=O)[C@@H](C/C=C/c1ccccc1)NC(=O)Cc1cc(F)cc(F)c1. The summed E-state index contributed by atoms with van der Waals surface area (Å²) >= 11 is 0. The molecular formula is C19H18F2N2O2. The van der Waals surface area contributed by atoms with Crippen LogP contribution in [-0.2, 0) is 16.0 Å². The predicted molar refractivity (Wildman–Crippen MR) is 91.3 cm³/mol. The molecule has 0 saturated carbocycles. The van der Waals surface area contributed by atoms with Gasteiger partial charge in [-0.2, -0.15) is 0 Å². The van der Waals surface area contributed by atoms with Gasteiger partial charge >= 0.3 is 0 Å². The van der Waals surface area contributed by atoms with E-state index in [9.17, 15) is 18.4 Å². The van der Waals surface area contributed by atoms with Gasteiger partial charge in [0.15, 0.2) is 0 Å². The third-order valence-corrected chi connectivity index (χ3v) is 3.45. The molecule has 4 nitrogen and oxygen atoms in total. The average molecular weight is 344 g/mol. The van der Waals surface area contributed by atoms with Gasteiger partial charge in [-0.25, -0.2) is 8.78 Å². The second kappa shape index (κ2) is 8.73. The van der Waals surface area contributed by atoms with Crippen LogP contribution >= 0.6 is 0 Å². The molecule has 1 atom stereocenters. The first-order valence-electron chi connectivity index (χ1n) is 7.69. The maximum absolute atomic E-state index is 13.1. The molecule has 0 spiro atoms. The molecular weight excluding hydrogens is 326 g/mol. The molecule has 0 saturated heterocycles. The van der Waals surface area contributed by atoms with Crippen LogP contribution in [0.4, 0.5) is 8.78 Å². The van der Waals surface area contributed by atoms with E-state index < -0.39 is 29.5 Å². The highest BCUT2D eigenvalue weighted by atomic mass is 19.1. The average Bonchev–Trinajstić information content (AvgIpc) is 2.53. The van der Waals surface area contributed by atoms with Crippen molar-refractivity contribution in [1.29, 1.82) is 0 Å². The zero-order valence-corrected chi connectivity index (χ0v) is 13.4. The maximum Gasteiger partial charge on any atom is 0.240 e. The maximum atomic E-state index is 13.1. The van der Waals surface area contributed by atoms with Crippen molar-refractivity contribution in [2.45, 2.75) is 18.9 Å². The van der Waals surface area contributed by atoms with Crippen molar-refractivity contribution < 1.29 is 18.4 Å². The number of benzene rings is 2. The van der Waals surface area contributed by atoms with Gasteiger partial charge in [0.1, 0.15) is 17.7 Å². The molecule has 0 aliphatic rings. The molecule has 2 aromatic carbocycles. The van der Waals surface area contributed by atoms with Crippen LogP contribution in [0, 0.1) is 11.6 Å². The largest absolute Gasteiger partial charge is 0.368 e. The van der Waals surface area contributed by atoms with Crippen molar-refractivity contribution in [1.82, 2.24) is 5.32 Å². The van der Waals surface area contributed by atoms with E-state index in [1.165, 1.54) is 0 Å². The highest BCUT2D eigenvalue weighted by Crippen LogP contribution is 2.09. The molecule has 0 heterocycles. The van der Waals surface area contributed by atoms with Crippen LogP contribution in [0.3, 0.4) is 0 Å². The number of carbonyl (C=O) groups excluding carboxylic acids is 2. The van der Waals surface area contributed by atoms with Gasteiger partial charge in [0.2, 0.25) is 11.8 Å². The van der Waals surface area contributed by atoms with E-state index >= 15 is 0 Å². The van der Waals surface area contributed by atoms with Gasteiger partial charge in [0.05, 0.1) is 6.42 Å². The van der Waals surface area contributed by atoms with Crippen molar-refractivity contribution in [3.8, 4) is 0 Å². The van der Waals surface area contributed by atoms with Crippen molar-refractivity contribution >= 4 is 17.9 Å². The molecule has 3 N–H and O–H groups in total. The van der Waals surface area contributed by atoms with Gasteiger partial charge < -0.3 is 11.1 Å². The fourth-order valence-corrected chi connectivity index (χ4v) is 2.29. The Morgan fingerprint density at radius 3 is 2.32 bits per heavy atom. The summed E-state index contributed by atoms with van der Waals surface area (Å²) in [7, 11) is 0. The minimum atomic E-state index is -0.897. The van der Waals surface area contributed by atoms with Crippen molar-refractivity contribution in [2.75, 3.05) is 0 Å². The Balaban J connectivity index is 1.95. The Morgan fingerprint density at radius 2 is 1.72 bits per heavy atom. The molecule has 2 aromatic rings. The van der Waals surface area contributed by atoms with Gasteiger partial charge in [-0.3, -0.25) is 9.59 Å². The van der Waals surface area contributed by atoms with Gasteiger partial charge in [0.25, 0.3) is 0 Å². The number of amides is 2. The summed E-state index contributed by atoms with van der Waals surface area (Å²) in [4.78, 5) is 23.5. The molecule has 0 unspecified atom stereocenters. The number of nitrogens with two attached hydrogens (primary N) is 1. The molecule has 0 aliphatic carbocycles. The van der Waals surface area contributed by atoms with E-state index in [1.54, 1.807) is 6.08 Å². The molecule has 25 heavy (non-hydrogen) atoms. The summed E-state index contributed by atoms with van der Waals surface area (Å²) in [5, 5.41) is 2.48. The van der Waals surface area contributed by atoms with Crippen molar-refractivity contribution in [3.63, 3.8) is 0 Å². The quantitative estimate of drug-likeness (QED) is 0.810. The highest BCUT2D eigenvalue weighted by molar-refractivity contribution is 5.87. The van der Waals surface area contributed by atoms with Gasteiger partial charge in [-0.05, 0) is 29.7 Å². The topological polar surface area (TPSA) is 72.2 Å². The van der Waals surface area contributed by atoms with Crippen LogP contribution in [0.1, 0.15) is 17.5 Å². The molecule has 2 amide bonds. The molecule has 0 aliphatic heterocycles. The Bertz CT molecular complexity index is 756. The predicted octanol–water partition coefficient (Wildman–Crippen LogP) is 2.58. The summed E-state index contributed by atoms with van der Waals surface area (Å²) in [6, 6.07) is 11.4. The second-order valence-corrected chi connectivity index (χ2v) is 5.53. The first-order valence-corrected chi connectivity index (χ1v) is 7.69. The van der Waals surface area contributed by atoms with Crippen LogP contribution < -0.4 is 11.1 Å². The van der Waals surface area contributed by atoms with E-state index in [4.69, 9.17) is 5.73 Å². The number of nitrogens with one attached hydrogen (secondary N) is 1. The lowest BCUT2D eigenvalue weighted by Gasteiger charge is -2.13. The Hall–Kier alpha value is -3.02. The number of hydrogen-bond donors (Lipinski definition) is 2. The van der Waals surface area contributed by atoms with Crippen LogP contribution in [0.2, 0.25) is 0 Å². The van der Waals surface area contributed by atoms with E-state index in [-0.39, 0.29) is 18.4 Å². The fraction of sp³-hybridized carbons (Fsp3) is 0.158. The van der Waals surface area contributed by atoms with Crippen LogP contribution in [0.25, 0.3) is 6.08 Å². The summed E-state index contributed by atoms with van der Waals surface area (Å²) in [5.41, 5.74) is 6.43. The number of rotatable bonds is 7. The first kappa shape index (κ1) is 18.3. The monoisotopic (exact) mass is 344 g/mol. The number of carbonyl (C=O) groups is 2. The Kier molecular flexibility index (Phi) is 6.39. The number of halogens is 2. The smallest absolute Gasteiger partial charge is 0.240 e. The molecule has 2 rings (SSSR count). The normalized spacial score (nSPS) is 12.1. The zero-order valence-electron chi connectivity index (χ0n) is 13.4. The summed E-state index contributed by atoms with van der Waals surface area (Å²) in [6.45, 7) is 0. The van der Waals surface area contributed by atoms with Crippen molar-refractivity contribution in [3.05, 3.63) is 77.4 Å². The summed E-state index contributed by atoms with van der Waals surface area (Å²) in [6.07, 6.45) is 3.51. The lowest BCUT2D eigenvalue weighted by Crippen LogP contribution is -2.44. The summed E-state index contributed by atoms with van der Waals surface area (Å²) < 4.78 is 26.3. The Labute approximate surface area is 144 Å². The molecule has 0 aromatic heterocycles. The standard InChI is InChI=1S/C19H18F2N2O2/c20-15-9-14(10-16(21)12-15)11-18(24)23-17(19(22)25)8-4-7-13-5-2-1-3-6-13/h1-7,9-10,12,17H,8,11H2,(H2,22,25)(H,23,24)/b7-4+/t17-/m1/s1. The van der Waals surface area contributed by atoms with E-state index in [2.05, 4.69) is 5.32 Å². The van der Waals surface area contributed by atoms with E-state index in [1.807, 2.05) is 36.4 Å². The minimum absolute atomic E-state index is 0.179. The van der Waals surface area contributed by atoms with Crippen LogP contribution in [-0.4, -0.2) is 17.9 Å². The lowest BCUT2D eigenvalue weighted by atomic mass is 10.1. The van der Waals surface area contributed by atoms with Gasteiger partial charge in [0, 0.05) is 6.07 Å². The second-order valence-electron chi connectivity index (χ2n) is 5.53. The van der Waals surface area contributed by atoms with Crippen LogP contribution in [0.15, 0.2) is 54.6 Å². The molecule has 0 bridgehead atoms. The van der Waals surface area contributed by atoms with Gasteiger partial charge in [-0.15, -0.1) is 0 Å². The fourth-order valence-electron chi connectivity index (χ4n) is 2.29. The third kappa shape index (κ3) is 6.18. The molecule has 0 fully saturated rings. The van der Waals surface area contributed by atoms with E-state index in [0.29, 0.717) is 0 Å². The molecule has 6 heteroatoms. The number of hydrogen-bond acceptors (Lipinski definition) is 2. The molecule has 130 valence electrons. The highest BCUT2D eigenvalue weighted by Gasteiger charge is 2.17. The van der Waals surface area contributed by atoms with Crippen molar-refractivity contribution in [2.24, 2.45) is 5.73 Å². The summed E-state index contributed by atoms with van der Waals surface area (Å²) in [5.74, 6) is -2.75. The Morgan fingerprint density at radius 1 is 1.08 bits per heavy atom. The van der Waals surface area contributed by atoms with E-state index in [0.717, 1.165) is 23.8 Å². The van der Waals surface area contributed by atoms with Gasteiger partial charge in [-0.1, -0.05) is 42.5 Å². The number of primary amides is 1. The molecule has 0 radical (unpaired) electrons. The minimum Gasteiger partial charge on any atom is -0.368 e.